The van der Waals surface area contributed by atoms with Crippen molar-refractivity contribution in [1.82, 2.24) is 10.6 Å². The predicted molar refractivity (Wildman–Crippen MR) is 85.0 cm³/mol. The highest BCUT2D eigenvalue weighted by atomic mass is 79.9. The largest absolute Gasteiger partial charge is 0.481 e. The SMILES string of the molecule is CC(C)CC(CNC(=O)NCc1ccccc1Br)C(=O)O. The number of halogens is 1. The highest BCUT2D eigenvalue weighted by Crippen LogP contribution is 2.15. The number of carboxylic acids is 1. The van der Waals surface area contributed by atoms with Crippen LogP contribution < -0.4 is 10.6 Å². The molecule has 5 nitrogen and oxygen atoms in total. The van der Waals surface area contributed by atoms with Gasteiger partial charge in [0.2, 0.25) is 0 Å². The molecule has 0 bridgehead atoms. The Morgan fingerprint density at radius 1 is 1.24 bits per heavy atom. The zero-order valence-electron chi connectivity index (χ0n) is 12.2. The smallest absolute Gasteiger partial charge is 0.315 e. The van der Waals surface area contributed by atoms with Crippen molar-refractivity contribution in [2.45, 2.75) is 26.8 Å². The number of carbonyl (C=O) groups is 2. The average molecular weight is 357 g/mol. The predicted octanol–water partition coefficient (Wildman–Crippen LogP) is 3.00. The number of urea groups is 1. The van der Waals surface area contributed by atoms with E-state index in [2.05, 4.69) is 26.6 Å². The van der Waals surface area contributed by atoms with E-state index in [9.17, 15) is 9.59 Å². The second-order valence-corrected chi connectivity index (χ2v) is 6.17. The monoisotopic (exact) mass is 356 g/mol. The summed E-state index contributed by atoms with van der Waals surface area (Å²) in [6, 6.07) is 7.24. The van der Waals surface area contributed by atoms with Crippen molar-refractivity contribution in [3.05, 3.63) is 34.3 Å². The lowest BCUT2D eigenvalue weighted by Gasteiger charge is -2.16. The molecule has 1 rings (SSSR count). The fourth-order valence-electron chi connectivity index (χ4n) is 1.94. The number of nitrogens with one attached hydrogen (secondary N) is 2. The van der Waals surface area contributed by atoms with Crippen molar-refractivity contribution in [2.75, 3.05) is 6.54 Å². The standard InChI is InChI=1S/C15H21BrN2O3/c1-10(2)7-12(14(19)20)9-18-15(21)17-8-11-5-3-4-6-13(11)16/h3-6,10,12H,7-9H2,1-2H3,(H,19,20)(H2,17,18,21). The fourth-order valence-corrected chi connectivity index (χ4v) is 2.36. The van der Waals surface area contributed by atoms with Crippen molar-refractivity contribution in [1.29, 1.82) is 0 Å². The molecule has 0 aromatic heterocycles. The Balaban J connectivity index is 2.39. The van der Waals surface area contributed by atoms with Gasteiger partial charge in [-0.2, -0.15) is 0 Å². The van der Waals surface area contributed by atoms with E-state index in [1.54, 1.807) is 0 Å². The van der Waals surface area contributed by atoms with Crippen molar-refractivity contribution in [2.24, 2.45) is 11.8 Å². The lowest BCUT2D eigenvalue weighted by Crippen LogP contribution is -2.40. The molecule has 1 aromatic carbocycles. The maximum atomic E-state index is 11.7. The zero-order valence-corrected chi connectivity index (χ0v) is 13.8. The van der Waals surface area contributed by atoms with Crippen LogP contribution >= 0.6 is 15.9 Å². The lowest BCUT2D eigenvalue weighted by atomic mass is 9.97. The molecule has 21 heavy (non-hydrogen) atoms. The third-order valence-electron chi connectivity index (χ3n) is 3.01. The van der Waals surface area contributed by atoms with Gasteiger partial charge in [-0.1, -0.05) is 48.0 Å². The third-order valence-corrected chi connectivity index (χ3v) is 3.79. The molecule has 2 amide bonds. The fraction of sp³-hybridized carbons (Fsp3) is 0.467. The first kappa shape index (κ1) is 17.5. The van der Waals surface area contributed by atoms with Gasteiger partial charge in [-0.25, -0.2) is 4.79 Å². The number of hydrogen-bond acceptors (Lipinski definition) is 2. The van der Waals surface area contributed by atoms with Crippen LogP contribution in [-0.4, -0.2) is 23.7 Å². The number of amides is 2. The molecule has 0 heterocycles. The molecule has 0 aliphatic heterocycles. The molecule has 0 aliphatic rings. The van der Waals surface area contributed by atoms with Gasteiger partial charge in [0.25, 0.3) is 0 Å². The molecule has 0 aliphatic carbocycles. The van der Waals surface area contributed by atoms with E-state index in [1.165, 1.54) is 0 Å². The van der Waals surface area contributed by atoms with Gasteiger partial charge in [-0.15, -0.1) is 0 Å². The van der Waals surface area contributed by atoms with Gasteiger partial charge in [0.15, 0.2) is 0 Å². The summed E-state index contributed by atoms with van der Waals surface area (Å²) in [7, 11) is 0. The second-order valence-electron chi connectivity index (χ2n) is 5.32. The Morgan fingerprint density at radius 2 is 1.90 bits per heavy atom. The van der Waals surface area contributed by atoms with Gasteiger partial charge in [-0.05, 0) is 24.0 Å². The molecule has 0 saturated heterocycles. The Bertz CT molecular complexity index is 492. The molecule has 0 spiro atoms. The average Bonchev–Trinajstić information content (AvgIpc) is 2.41. The van der Waals surface area contributed by atoms with E-state index in [1.807, 2.05) is 38.1 Å². The van der Waals surface area contributed by atoms with Crippen LogP contribution in [0, 0.1) is 11.8 Å². The lowest BCUT2D eigenvalue weighted by molar-refractivity contribution is -0.142. The summed E-state index contributed by atoms with van der Waals surface area (Å²) in [6.07, 6.45) is 0.542. The summed E-state index contributed by atoms with van der Waals surface area (Å²) < 4.78 is 0.925. The van der Waals surface area contributed by atoms with E-state index >= 15 is 0 Å². The van der Waals surface area contributed by atoms with Crippen LogP contribution in [0.15, 0.2) is 28.7 Å². The van der Waals surface area contributed by atoms with Crippen LogP contribution in [0.2, 0.25) is 0 Å². The maximum Gasteiger partial charge on any atom is 0.315 e. The topological polar surface area (TPSA) is 78.4 Å². The minimum atomic E-state index is -0.880. The van der Waals surface area contributed by atoms with Crippen molar-refractivity contribution >= 4 is 27.9 Å². The summed E-state index contributed by atoms with van der Waals surface area (Å²) in [5.41, 5.74) is 0.963. The van der Waals surface area contributed by atoms with Crippen LogP contribution in [0.25, 0.3) is 0 Å². The Hall–Kier alpha value is -1.56. The molecule has 1 unspecified atom stereocenters. The first-order valence-corrected chi connectivity index (χ1v) is 7.67. The number of aliphatic carboxylic acids is 1. The van der Waals surface area contributed by atoms with E-state index in [0.29, 0.717) is 13.0 Å². The zero-order chi connectivity index (χ0) is 15.8. The first-order valence-electron chi connectivity index (χ1n) is 6.88. The van der Waals surface area contributed by atoms with Crippen LogP contribution in [0.5, 0.6) is 0 Å². The summed E-state index contributed by atoms with van der Waals surface area (Å²) in [6.45, 7) is 4.44. The maximum absolute atomic E-state index is 11.7. The van der Waals surface area contributed by atoms with Crippen molar-refractivity contribution in [3.63, 3.8) is 0 Å². The van der Waals surface area contributed by atoms with Crippen LogP contribution in [-0.2, 0) is 11.3 Å². The number of benzene rings is 1. The van der Waals surface area contributed by atoms with Crippen molar-refractivity contribution in [3.8, 4) is 0 Å². The minimum Gasteiger partial charge on any atom is -0.481 e. The Kier molecular flexibility index (Phi) is 7.22. The highest BCUT2D eigenvalue weighted by molar-refractivity contribution is 9.10. The van der Waals surface area contributed by atoms with Crippen molar-refractivity contribution < 1.29 is 14.7 Å². The molecule has 6 heteroatoms. The molecule has 0 radical (unpaired) electrons. The normalized spacial score (nSPS) is 12.0. The first-order chi connectivity index (χ1) is 9.90. The van der Waals surface area contributed by atoms with E-state index in [4.69, 9.17) is 5.11 Å². The van der Waals surface area contributed by atoms with Crippen LogP contribution in [0.3, 0.4) is 0 Å². The molecule has 116 valence electrons. The third kappa shape index (κ3) is 6.62. The number of rotatable bonds is 7. The Morgan fingerprint density at radius 3 is 2.48 bits per heavy atom. The van der Waals surface area contributed by atoms with Gasteiger partial charge in [0, 0.05) is 17.6 Å². The number of hydrogen-bond donors (Lipinski definition) is 3. The summed E-state index contributed by atoms with van der Waals surface area (Å²) >= 11 is 3.41. The van der Waals surface area contributed by atoms with E-state index in [0.717, 1.165) is 10.0 Å². The highest BCUT2D eigenvalue weighted by Gasteiger charge is 2.19. The Labute approximate surface area is 133 Å². The minimum absolute atomic E-state index is 0.134. The summed E-state index contributed by atoms with van der Waals surface area (Å²) in [4.78, 5) is 22.8. The van der Waals surface area contributed by atoms with Crippen LogP contribution in [0.1, 0.15) is 25.8 Å². The quantitative estimate of drug-likeness (QED) is 0.702. The second kappa shape index (κ2) is 8.67. The van der Waals surface area contributed by atoms with Crippen LogP contribution in [0.4, 0.5) is 4.79 Å². The molecule has 1 aromatic rings. The van der Waals surface area contributed by atoms with Gasteiger partial charge in [0.1, 0.15) is 0 Å². The molecule has 3 N–H and O–H groups in total. The molecular weight excluding hydrogens is 336 g/mol. The number of carbonyl (C=O) groups excluding carboxylic acids is 1. The molecule has 1 atom stereocenters. The van der Waals surface area contributed by atoms with Gasteiger partial charge < -0.3 is 15.7 Å². The van der Waals surface area contributed by atoms with Gasteiger partial charge in [-0.3, -0.25) is 4.79 Å². The molecule has 0 saturated carbocycles. The van der Waals surface area contributed by atoms with Gasteiger partial charge in [0.05, 0.1) is 5.92 Å². The summed E-state index contributed by atoms with van der Waals surface area (Å²) in [5.74, 6) is -1.16. The molecule has 0 fully saturated rings. The molecular formula is C15H21BrN2O3. The number of carboxylic acid groups (broad SMARTS) is 1. The van der Waals surface area contributed by atoms with E-state index < -0.39 is 11.9 Å². The summed E-state index contributed by atoms with van der Waals surface area (Å²) in [5, 5.41) is 14.4. The van der Waals surface area contributed by atoms with E-state index in [-0.39, 0.29) is 18.5 Å². The van der Waals surface area contributed by atoms with Gasteiger partial charge >= 0.3 is 12.0 Å².